The Labute approximate surface area is 145 Å². The molecule has 2 rings (SSSR count). The highest BCUT2D eigenvalue weighted by Crippen LogP contribution is 2.10. The molecule has 0 fully saturated rings. The molecule has 0 radical (unpaired) electrons. The normalized spacial score (nSPS) is 11.8. The molecule has 0 saturated carbocycles. The number of nitrogens with zero attached hydrogens (tertiary/aromatic N) is 3. The highest BCUT2D eigenvalue weighted by molar-refractivity contribution is 5.79. The van der Waals surface area contributed by atoms with Gasteiger partial charge in [0.1, 0.15) is 11.6 Å². The fourth-order valence-corrected chi connectivity index (χ4v) is 2.13. The molecule has 0 saturated heterocycles. The summed E-state index contributed by atoms with van der Waals surface area (Å²) in [5.41, 5.74) is 0.245. The van der Waals surface area contributed by atoms with Gasteiger partial charge in [-0.3, -0.25) is 4.99 Å². The molecule has 136 valence electrons. The van der Waals surface area contributed by atoms with Crippen molar-refractivity contribution in [2.45, 2.75) is 39.2 Å². The van der Waals surface area contributed by atoms with Crippen LogP contribution in [0.15, 0.2) is 27.7 Å². The van der Waals surface area contributed by atoms with E-state index < -0.39 is 11.6 Å². The Kier molecular flexibility index (Phi) is 6.85. The molecule has 2 aromatic rings. The monoisotopic (exact) mass is 351 g/mol. The van der Waals surface area contributed by atoms with Gasteiger partial charge in [0.2, 0.25) is 5.89 Å². The Morgan fingerprint density at radius 3 is 2.76 bits per heavy atom. The first kappa shape index (κ1) is 18.8. The van der Waals surface area contributed by atoms with Crippen molar-refractivity contribution in [2.75, 3.05) is 13.6 Å². The lowest BCUT2D eigenvalue weighted by Crippen LogP contribution is -2.37. The molecular formula is C17H23F2N5O. The third-order valence-electron chi connectivity index (χ3n) is 3.54. The fourth-order valence-electron chi connectivity index (χ4n) is 2.13. The van der Waals surface area contributed by atoms with Gasteiger partial charge >= 0.3 is 0 Å². The van der Waals surface area contributed by atoms with E-state index in [9.17, 15) is 8.78 Å². The first-order valence-corrected chi connectivity index (χ1v) is 8.20. The van der Waals surface area contributed by atoms with Crippen LogP contribution in [-0.4, -0.2) is 29.7 Å². The maximum atomic E-state index is 13.6. The predicted molar refractivity (Wildman–Crippen MR) is 91.3 cm³/mol. The number of guanidine groups is 1. The second-order valence-electron chi connectivity index (χ2n) is 5.89. The third-order valence-corrected chi connectivity index (χ3v) is 3.54. The lowest BCUT2D eigenvalue weighted by Gasteiger charge is -2.12. The summed E-state index contributed by atoms with van der Waals surface area (Å²) < 4.78 is 31.9. The molecule has 1 aromatic heterocycles. The number of aliphatic imine (C=N–C) groups is 1. The Hall–Kier alpha value is -2.51. The van der Waals surface area contributed by atoms with Crippen molar-refractivity contribution in [3.05, 3.63) is 47.1 Å². The summed E-state index contributed by atoms with van der Waals surface area (Å²) in [6, 6.07) is 3.37. The van der Waals surface area contributed by atoms with Crippen molar-refractivity contribution in [3.8, 4) is 0 Å². The summed E-state index contributed by atoms with van der Waals surface area (Å²) in [5.74, 6) is 1.13. The summed E-state index contributed by atoms with van der Waals surface area (Å²) in [6.45, 7) is 4.79. The second kappa shape index (κ2) is 9.10. The average Bonchev–Trinajstić information content (AvgIpc) is 3.06. The first-order chi connectivity index (χ1) is 12.0. The quantitative estimate of drug-likeness (QED) is 0.456. The molecule has 0 bridgehead atoms. The molecular weight excluding hydrogens is 328 g/mol. The lowest BCUT2D eigenvalue weighted by atomic mass is 10.2. The van der Waals surface area contributed by atoms with Gasteiger partial charge < -0.3 is 15.2 Å². The number of rotatable bonds is 7. The van der Waals surface area contributed by atoms with Gasteiger partial charge in [-0.2, -0.15) is 4.98 Å². The number of aromatic nitrogens is 2. The van der Waals surface area contributed by atoms with E-state index in [1.54, 1.807) is 7.05 Å². The van der Waals surface area contributed by atoms with E-state index in [1.165, 1.54) is 0 Å². The van der Waals surface area contributed by atoms with Crippen molar-refractivity contribution in [3.63, 3.8) is 0 Å². The summed E-state index contributed by atoms with van der Waals surface area (Å²) in [7, 11) is 1.62. The van der Waals surface area contributed by atoms with E-state index in [-0.39, 0.29) is 18.0 Å². The van der Waals surface area contributed by atoms with E-state index in [0.717, 1.165) is 24.6 Å². The van der Waals surface area contributed by atoms with Gasteiger partial charge in [-0.05, 0) is 24.6 Å². The zero-order chi connectivity index (χ0) is 18.2. The number of hydrogen-bond acceptors (Lipinski definition) is 4. The molecule has 1 heterocycles. The molecule has 8 heteroatoms. The molecule has 0 amide bonds. The first-order valence-electron chi connectivity index (χ1n) is 8.20. The van der Waals surface area contributed by atoms with Crippen LogP contribution in [0.5, 0.6) is 0 Å². The Morgan fingerprint density at radius 1 is 1.28 bits per heavy atom. The minimum atomic E-state index is -0.471. The number of halogens is 2. The largest absolute Gasteiger partial charge is 0.356 e. The SMILES string of the molecule is CN=C(NCCCc1nc(C(C)C)no1)NCc1cc(F)ccc1F. The highest BCUT2D eigenvalue weighted by atomic mass is 19.1. The molecule has 6 nitrogen and oxygen atoms in total. The van der Waals surface area contributed by atoms with Crippen LogP contribution in [0, 0.1) is 11.6 Å². The minimum Gasteiger partial charge on any atom is -0.356 e. The molecule has 0 atom stereocenters. The third kappa shape index (κ3) is 5.81. The Bertz CT molecular complexity index is 715. The predicted octanol–water partition coefficient (Wildman–Crippen LogP) is 2.77. The smallest absolute Gasteiger partial charge is 0.226 e. The van der Waals surface area contributed by atoms with Crippen LogP contribution in [0.2, 0.25) is 0 Å². The molecule has 2 N–H and O–H groups in total. The zero-order valence-corrected chi connectivity index (χ0v) is 14.6. The lowest BCUT2D eigenvalue weighted by molar-refractivity contribution is 0.368. The van der Waals surface area contributed by atoms with Crippen LogP contribution in [-0.2, 0) is 13.0 Å². The fraction of sp³-hybridized carbons (Fsp3) is 0.471. The van der Waals surface area contributed by atoms with E-state index in [0.29, 0.717) is 30.6 Å². The van der Waals surface area contributed by atoms with Crippen molar-refractivity contribution in [1.29, 1.82) is 0 Å². The zero-order valence-electron chi connectivity index (χ0n) is 14.6. The van der Waals surface area contributed by atoms with Crippen molar-refractivity contribution < 1.29 is 13.3 Å². The van der Waals surface area contributed by atoms with Gasteiger partial charge in [-0.1, -0.05) is 19.0 Å². The summed E-state index contributed by atoms with van der Waals surface area (Å²) in [6.07, 6.45) is 1.43. The van der Waals surface area contributed by atoms with E-state index in [1.807, 2.05) is 13.8 Å². The number of aryl methyl sites for hydroxylation is 1. The van der Waals surface area contributed by atoms with Gasteiger partial charge in [0.25, 0.3) is 0 Å². The van der Waals surface area contributed by atoms with Gasteiger partial charge in [0.05, 0.1) is 0 Å². The second-order valence-corrected chi connectivity index (χ2v) is 5.89. The van der Waals surface area contributed by atoms with Gasteiger partial charge in [-0.25, -0.2) is 8.78 Å². The van der Waals surface area contributed by atoms with E-state index in [4.69, 9.17) is 4.52 Å². The highest BCUT2D eigenvalue weighted by Gasteiger charge is 2.09. The van der Waals surface area contributed by atoms with Crippen LogP contribution < -0.4 is 10.6 Å². The molecule has 25 heavy (non-hydrogen) atoms. The molecule has 0 unspecified atom stereocenters. The van der Waals surface area contributed by atoms with Crippen molar-refractivity contribution in [1.82, 2.24) is 20.8 Å². The van der Waals surface area contributed by atoms with E-state index >= 15 is 0 Å². The van der Waals surface area contributed by atoms with E-state index in [2.05, 4.69) is 25.8 Å². The van der Waals surface area contributed by atoms with Crippen LogP contribution in [0.1, 0.15) is 43.5 Å². The van der Waals surface area contributed by atoms with Crippen molar-refractivity contribution in [2.24, 2.45) is 4.99 Å². The topological polar surface area (TPSA) is 75.3 Å². The average molecular weight is 351 g/mol. The maximum Gasteiger partial charge on any atom is 0.226 e. The van der Waals surface area contributed by atoms with Crippen LogP contribution in [0.4, 0.5) is 8.78 Å². The number of nitrogens with one attached hydrogen (secondary N) is 2. The standard InChI is InChI=1S/C17H23F2N5O/c1-11(2)16-23-15(25-24-16)5-4-8-21-17(20-3)22-10-12-9-13(18)6-7-14(12)19/h6-7,9,11H,4-5,8,10H2,1-3H3,(H2,20,21,22). The minimum absolute atomic E-state index is 0.144. The van der Waals surface area contributed by atoms with Gasteiger partial charge in [0.15, 0.2) is 11.8 Å². The van der Waals surface area contributed by atoms with Crippen molar-refractivity contribution >= 4 is 5.96 Å². The molecule has 0 aliphatic heterocycles. The Balaban J connectivity index is 1.73. The number of benzene rings is 1. The molecule has 0 aliphatic rings. The Morgan fingerprint density at radius 2 is 2.08 bits per heavy atom. The summed E-state index contributed by atoms with van der Waals surface area (Å²) in [4.78, 5) is 8.37. The molecule has 1 aromatic carbocycles. The summed E-state index contributed by atoms with van der Waals surface area (Å²) in [5, 5.41) is 9.97. The van der Waals surface area contributed by atoms with Crippen LogP contribution in [0.3, 0.4) is 0 Å². The van der Waals surface area contributed by atoms with Gasteiger partial charge in [-0.15, -0.1) is 0 Å². The van der Waals surface area contributed by atoms with Gasteiger partial charge in [0, 0.05) is 38.0 Å². The maximum absolute atomic E-state index is 13.6. The number of hydrogen-bond donors (Lipinski definition) is 2. The molecule has 0 spiro atoms. The van der Waals surface area contributed by atoms with Crippen LogP contribution >= 0.6 is 0 Å². The summed E-state index contributed by atoms with van der Waals surface area (Å²) >= 11 is 0. The molecule has 0 aliphatic carbocycles. The van der Waals surface area contributed by atoms with Crippen LogP contribution in [0.25, 0.3) is 0 Å².